The van der Waals surface area contributed by atoms with Crippen LogP contribution in [0.25, 0.3) is 0 Å². The van der Waals surface area contributed by atoms with Crippen LogP contribution in [0.3, 0.4) is 0 Å². The van der Waals surface area contributed by atoms with Crippen molar-refractivity contribution in [2.45, 2.75) is 44.6 Å². The van der Waals surface area contributed by atoms with Crippen LogP contribution >= 0.6 is 12.2 Å². The summed E-state index contributed by atoms with van der Waals surface area (Å²) in [6.45, 7) is 1.41. The van der Waals surface area contributed by atoms with Gasteiger partial charge in [-0.2, -0.15) is 0 Å². The second kappa shape index (κ2) is 6.98. The molecule has 0 saturated heterocycles. The van der Waals surface area contributed by atoms with Crippen molar-refractivity contribution in [3.63, 3.8) is 0 Å². The Bertz CT molecular complexity index is 501. The molecule has 1 aromatic rings. The Kier molecular flexibility index (Phi) is 4.80. The first-order chi connectivity index (χ1) is 10.3. The third kappa shape index (κ3) is 4.00. The highest BCUT2D eigenvalue weighted by Crippen LogP contribution is 2.32. The van der Waals surface area contributed by atoms with Crippen molar-refractivity contribution in [2.75, 3.05) is 18.5 Å². The fraction of sp³-hybridized carbons (Fsp3) is 0.562. The molecule has 0 bridgehead atoms. The number of rotatable bonds is 2. The minimum atomic E-state index is 0.513. The highest BCUT2D eigenvalue weighted by Gasteiger charge is 2.15. The fourth-order valence-corrected chi connectivity index (χ4v) is 3.13. The molecule has 1 aliphatic heterocycles. The van der Waals surface area contributed by atoms with Crippen molar-refractivity contribution in [1.29, 1.82) is 0 Å². The Morgan fingerprint density at radius 2 is 1.76 bits per heavy atom. The summed E-state index contributed by atoms with van der Waals surface area (Å²) < 4.78 is 11.3. The van der Waals surface area contributed by atoms with E-state index in [1.165, 1.54) is 32.1 Å². The minimum Gasteiger partial charge on any atom is -0.490 e. The quantitative estimate of drug-likeness (QED) is 0.819. The fourth-order valence-electron chi connectivity index (χ4n) is 2.84. The zero-order valence-electron chi connectivity index (χ0n) is 12.2. The molecule has 0 aromatic heterocycles. The summed E-state index contributed by atoms with van der Waals surface area (Å²) in [5.74, 6) is 1.60. The van der Waals surface area contributed by atoms with Crippen LogP contribution in [0.1, 0.15) is 38.5 Å². The van der Waals surface area contributed by atoms with Crippen molar-refractivity contribution in [1.82, 2.24) is 5.32 Å². The van der Waals surface area contributed by atoms with Gasteiger partial charge in [-0.05, 0) is 37.2 Å². The SMILES string of the molecule is S=C(Nc1ccc2c(c1)OCCCO2)NC1CCCCC1. The van der Waals surface area contributed by atoms with Crippen molar-refractivity contribution >= 4 is 23.0 Å². The summed E-state index contributed by atoms with van der Waals surface area (Å²) in [5.41, 5.74) is 0.938. The summed E-state index contributed by atoms with van der Waals surface area (Å²) in [4.78, 5) is 0. The number of anilines is 1. The Morgan fingerprint density at radius 3 is 2.57 bits per heavy atom. The molecule has 1 aliphatic carbocycles. The molecule has 1 saturated carbocycles. The van der Waals surface area contributed by atoms with Gasteiger partial charge in [0.15, 0.2) is 16.6 Å². The van der Waals surface area contributed by atoms with Crippen molar-refractivity contribution in [3.05, 3.63) is 18.2 Å². The van der Waals surface area contributed by atoms with Crippen LogP contribution in [0.2, 0.25) is 0 Å². The van der Waals surface area contributed by atoms with Crippen LogP contribution in [0, 0.1) is 0 Å². The standard InChI is InChI=1S/C16H22N2O2S/c21-16(17-12-5-2-1-3-6-12)18-13-7-8-14-15(11-13)20-10-4-9-19-14/h7-8,11-12H,1-6,9-10H2,(H2,17,18,21). The van der Waals surface area contributed by atoms with E-state index in [4.69, 9.17) is 21.7 Å². The van der Waals surface area contributed by atoms with Crippen LogP contribution in [0.4, 0.5) is 5.69 Å². The maximum atomic E-state index is 5.69. The molecule has 0 unspecified atom stereocenters. The van der Waals surface area contributed by atoms with Crippen LogP contribution < -0.4 is 20.1 Å². The molecular formula is C16H22N2O2S. The molecule has 3 rings (SSSR count). The van der Waals surface area contributed by atoms with Gasteiger partial charge in [0.25, 0.3) is 0 Å². The van der Waals surface area contributed by atoms with Gasteiger partial charge in [0, 0.05) is 24.2 Å². The van der Waals surface area contributed by atoms with Gasteiger partial charge < -0.3 is 20.1 Å². The number of fused-ring (bicyclic) bond motifs is 1. The van der Waals surface area contributed by atoms with E-state index in [-0.39, 0.29) is 0 Å². The molecule has 21 heavy (non-hydrogen) atoms. The third-order valence-electron chi connectivity index (χ3n) is 3.95. The lowest BCUT2D eigenvalue weighted by Crippen LogP contribution is -2.38. The van der Waals surface area contributed by atoms with Gasteiger partial charge in [0.05, 0.1) is 13.2 Å². The Labute approximate surface area is 131 Å². The molecule has 0 amide bonds. The van der Waals surface area contributed by atoms with E-state index in [1.54, 1.807) is 0 Å². The van der Waals surface area contributed by atoms with Gasteiger partial charge in [-0.15, -0.1) is 0 Å². The highest BCUT2D eigenvalue weighted by molar-refractivity contribution is 7.80. The number of nitrogens with one attached hydrogen (secondary N) is 2. The van der Waals surface area contributed by atoms with Gasteiger partial charge in [0.2, 0.25) is 0 Å². The molecule has 1 fully saturated rings. The topological polar surface area (TPSA) is 42.5 Å². The first kappa shape index (κ1) is 14.4. The third-order valence-corrected chi connectivity index (χ3v) is 4.17. The summed E-state index contributed by atoms with van der Waals surface area (Å²) in [6.07, 6.45) is 7.28. The van der Waals surface area contributed by atoms with Crippen LogP contribution in [-0.2, 0) is 0 Å². The summed E-state index contributed by atoms with van der Waals surface area (Å²) in [5, 5.41) is 7.34. The van der Waals surface area contributed by atoms with Gasteiger partial charge in [0.1, 0.15) is 0 Å². The first-order valence-electron chi connectivity index (χ1n) is 7.78. The highest BCUT2D eigenvalue weighted by atomic mass is 32.1. The van der Waals surface area contributed by atoms with Crippen molar-refractivity contribution in [2.24, 2.45) is 0 Å². The largest absolute Gasteiger partial charge is 0.490 e. The lowest BCUT2D eigenvalue weighted by molar-refractivity contribution is 0.297. The zero-order valence-corrected chi connectivity index (χ0v) is 13.0. The molecule has 1 aromatic carbocycles. The monoisotopic (exact) mass is 306 g/mol. The van der Waals surface area contributed by atoms with E-state index >= 15 is 0 Å². The summed E-state index contributed by atoms with van der Waals surface area (Å²) in [7, 11) is 0. The van der Waals surface area contributed by atoms with E-state index in [2.05, 4.69) is 10.6 Å². The maximum absolute atomic E-state index is 5.69. The smallest absolute Gasteiger partial charge is 0.170 e. The molecule has 114 valence electrons. The molecule has 5 heteroatoms. The van der Waals surface area contributed by atoms with E-state index < -0.39 is 0 Å². The molecule has 4 nitrogen and oxygen atoms in total. The van der Waals surface area contributed by atoms with E-state index in [0.717, 1.165) is 23.6 Å². The summed E-state index contributed by atoms with van der Waals surface area (Å²) >= 11 is 5.40. The predicted molar refractivity (Wildman–Crippen MR) is 88.3 cm³/mol. The number of benzene rings is 1. The zero-order chi connectivity index (χ0) is 14.5. The number of hydrogen-bond acceptors (Lipinski definition) is 3. The molecule has 0 atom stereocenters. The van der Waals surface area contributed by atoms with Gasteiger partial charge in [-0.3, -0.25) is 0 Å². The van der Waals surface area contributed by atoms with Crippen molar-refractivity contribution < 1.29 is 9.47 Å². The lowest BCUT2D eigenvalue weighted by atomic mass is 9.96. The van der Waals surface area contributed by atoms with Gasteiger partial charge >= 0.3 is 0 Å². The Hall–Kier alpha value is -1.49. The second-order valence-electron chi connectivity index (χ2n) is 5.65. The van der Waals surface area contributed by atoms with Crippen LogP contribution in [0.5, 0.6) is 11.5 Å². The molecule has 2 aliphatic rings. The van der Waals surface area contributed by atoms with Crippen LogP contribution in [0.15, 0.2) is 18.2 Å². The van der Waals surface area contributed by atoms with E-state index in [9.17, 15) is 0 Å². The van der Waals surface area contributed by atoms with E-state index in [0.29, 0.717) is 24.4 Å². The minimum absolute atomic E-state index is 0.513. The normalized spacial score (nSPS) is 18.7. The summed E-state index contributed by atoms with van der Waals surface area (Å²) in [6, 6.07) is 6.38. The number of thiocarbonyl (C=S) groups is 1. The molecular weight excluding hydrogens is 284 g/mol. The molecule has 0 radical (unpaired) electrons. The predicted octanol–water partition coefficient (Wildman–Crippen LogP) is 3.47. The lowest BCUT2D eigenvalue weighted by Gasteiger charge is -2.24. The van der Waals surface area contributed by atoms with Crippen molar-refractivity contribution in [3.8, 4) is 11.5 Å². The van der Waals surface area contributed by atoms with E-state index in [1.807, 2.05) is 18.2 Å². The van der Waals surface area contributed by atoms with Gasteiger partial charge in [-0.1, -0.05) is 19.3 Å². The second-order valence-corrected chi connectivity index (χ2v) is 6.05. The average molecular weight is 306 g/mol. The Balaban J connectivity index is 1.59. The molecule has 0 spiro atoms. The molecule has 1 heterocycles. The molecule has 2 N–H and O–H groups in total. The maximum Gasteiger partial charge on any atom is 0.170 e. The average Bonchev–Trinajstić information content (AvgIpc) is 2.73. The Morgan fingerprint density at radius 1 is 1.00 bits per heavy atom. The van der Waals surface area contributed by atoms with Crippen LogP contribution in [-0.4, -0.2) is 24.4 Å². The first-order valence-corrected chi connectivity index (χ1v) is 8.19. The van der Waals surface area contributed by atoms with Gasteiger partial charge in [-0.25, -0.2) is 0 Å². The number of ether oxygens (including phenoxy) is 2. The number of hydrogen-bond donors (Lipinski definition) is 2.